The fraction of sp³-hybridized carbons (Fsp3) is 0.467. The van der Waals surface area contributed by atoms with E-state index in [-0.39, 0.29) is 6.61 Å². The number of aliphatic hydroxyl groups excluding tert-OH is 1. The lowest BCUT2D eigenvalue weighted by molar-refractivity contribution is 0.280. The summed E-state index contributed by atoms with van der Waals surface area (Å²) in [5.74, 6) is 0. The molecular weight excluding hydrogens is 210 g/mol. The molecule has 0 bridgehead atoms. The second kappa shape index (κ2) is 4.92. The Labute approximate surface area is 103 Å². The molecule has 0 aliphatic rings. The molecule has 0 aliphatic heterocycles. The number of fused-ring (bicyclic) bond motifs is 1. The smallest absolute Gasteiger partial charge is 0.0515 e. The zero-order chi connectivity index (χ0) is 12.4. The van der Waals surface area contributed by atoms with Crippen molar-refractivity contribution in [1.82, 2.24) is 4.57 Å². The van der Waals surface area contributed by atoms with Crippen molar-refractivity contribution < 1.29 is 5.11 Å². The molecular formula is C15H21NO. The molecule has 2 heteroatoms. The Hall–Kier alpha value is -1.28. The van der Waals surface area contributed by atoms with Crippen LogP contribution in [0.5, 0.6) is 0 Å². The monoisotopic (exact) mass is 231 g/mol. The van der Waals surface area contributed by atoms with E-state index in [0.717, 1.165) is 19.4 Å². The highest BCUT2D eigenvalue weighted by Gasteiger charge is 2.11. The molecule has 0 radical (unpaired) electrons. The van der Waals surface area contributed by atoms with Gasteiger partial charge in [0, 0.05) is 24.7 Å². The maximum Gasteiger partial charge on any atom is 0.0515 e. The summed E-state index contributed by atoms with van der Waals surface area (Å²) in [6, 6.07) is 4.39. The molecule has 0 fully saturated rings. The first kappa shape index (κ1) is 12.2. The zero-order valence-corrected chi connectivity index (χ0v) is 11.0. The van der Waals surface area contributed by atoms with E-state index in [4.69, 9.17) is 5.11 Å². The van der Waals surface area contributed by atoms with E-state index in [9.17, 15) is 0 Å². The Bertz CT molecular complexity index is 525. The number of hydrogen-bond donors (Lipinski definition) is 1. The second-order valence-corrected chi connectivity index (χ2v) is 4.70. The van der Waals surface area contributed by atoms with Gasteiger partial charge in [0.15, 0.2) is 0 Å². The summed E-state index contributed by atoms with van der Waals surface area (Å²) in [5, 5.41) is 10.4. The van der Waals surface area contributed by atoms with E-state index >= 15 is 0 Å². The molecule has 2 nitrogen and oxygen atoms in total. The van der Waals surface area contributed by atoms with Crippen LogP contribution in [0, 0.1) is 13.8 Å². The number of aliphatic hydroxyl groups is 1. The molecule has 0 atom stereocenters. The van der Waals surface area contributed by atoms with E-state index in [1.807, 2.05) is 0 Å². The predicted octanol–water partition coefficient (Wildman–Crippen LogP) is 3.20. The number of rotatable bonds is 4. The van der Waals surface area contributed by atoms with Crippen LogP contribution in [0.2, 0.25) is 0 Å². The van der Waals surface area contributed by atoms with Gasteiger partial charge in [0.25, 0.3) is 0 Å². The van der Waals surface area contributed by atoms with Crippen molar-refractivity contribution in [2.24, 2.45) is 0 Å². The lowest BCUT2D eigenvalue weighted by atomic mass is 10.0. The zero-order valence-electron chi connectivity index (χ0n) is 11.0. The minimum atomic E-state index is 0.256. The van der Waals surface area contributed by atoms with Gasteiger partial charge in [-0.15, -0.1) is 0 Å². The third-order valence-corrected chi connectivity index (χ3v) is 3.45. The summed E-state index contributed by atoms with van der Waals surface area (Å²) in [6.45, 7) is 7.70. The van der Waals surface area contributed by atoms with Gasteiger partial charge in [-0.3, -0.25) is 0 Å². The minimum absolute atomic E-state index is 0.256. The van der Waals surface area contributed by atoms with Crippen LogP contribution < -0.4 is 0 Å². The lowest BCUT2D eigenvalue weighted by Gasteiger charge is -2.07. The van der Waals surface area contributed by atoms with Crippen LogP contribution in [-0.2, 0) is 13.0 Å². The summed E-state index contributed by atoms with van der Waals surface area (Å²) in [6.07, 6.45) is 4.13. The van der Waals surface area contributed by atoms with Crippen LogP contribution in [0.25, 0.3) is 10.9 Å². The van der Waals surface area contributed by atoms with Crippen molar-refractivity contribution in [2.75, 3.05) is 6.61 Å². The van der Waals surface area contributed by atoms with Crippen molar-refractivity contribution in [1.29, 1.82) is 0 Å². The Morgan fingerprint density at radius 1 is 1.18 bits per heavy atom. The van der Waals surface area contributed by atoms with Gasteiger partial charge in [0.1, 0.15) is 0 Å². The first-order valence-corrected chi connectivity index (χ1v) is 6.37. The molecule has 1 aromatic carbocycles. The number of aromatic nitrogens is 1. The van der Waals surface area contributed by atoms with Crippen molar-refractivity contribution >= 4 is 10.9 Å². The molecule has 0 amide bonds. The molecule has 2 aromatic rings. The summed E-state index contributed by atoms with van der Waals surface area (Å²) in [4.78, 5) is 0. The van der Waals surface area contributed by atoms with Gasteiger partial charge >= 0.3 is 0 Å². The molecule has 0 saturated heterocycles. The molecule has 0 unspecified atom stereocenters. The van der Waals surface area contributed by atoms with Crippen LogP contribution in [0.3, 0.4) is 0 Å². The number of nitrogens with zero attached hydrogens (tertiary/aromatic N) is 1. The van der Waals surface area contributed by atoms with E-state index in [2.05, 4.69) is 43.7 Å². The molecule has 0 spiro atoms. The Morgan fingerprint density at radius 3 is 2.53 bits per heavy atom. The lowest BCUT2D eigenvalue weighted by Crippen LogP contribution is -1.99. The van der Waals surface area contributed by atoms with Crippen molar-refractivity contribution in [2.45, 2.75) is 40.2 Å². The van der Waals surface area contributed by atoms with Crippen LogP contribution >= 0.6 is 0 Å². The molecule has 1 heterocycles. The largest absolute Gasteiger partial charge is 0.396 e. The summed E-state index contributed by atoms with van der Waals surface area (Å²) >= 11 is 0. The third kappa shape index (κ3) is 2.09. The number of aryl methyl sites for hydroxylation is 4. The SMILES string of the molecule is CCc1cn(CCCO)c2c(C)ccc(C)c12. The summed E-state index contributed by atoms with van der Waals surface area (Å²) in [5.41, 5.74) is 5.43. The van der Waals surface area contributed by atoms with Gasteiger partial charge in [-0.05, 0) is 43.4 Å². The van der Waals surface area contributed by atoms with E-state index < -0.39 is 0 Å². The van der Waals surface area contributed by atoms with Gasteiger partial charge in [-0.1, -0.05) is 19.1 Å². The van der Waals surface area contributed by atoms with Crippen LogP contribution in [0.1, 0.15) is 30.0 Å². The van der Waals surface area contributed by atoms with Crippen LogP contribution in [-0.4, -0.2) is 16.3 Å². The average Bonchev–Trinajstić information content (AvgIpc) is 2.71. The van der Waals surface area contributed by atoms with E-state index in [0.29, 0.717) is 0 Å². The molecule has 92 valence electrons. The highest BCUT2D eigenvalue weighted by atomic mass is 16.3. The first-order valence-electron chi connectivity index (χ1n) is 6.37. The standard InChI is InChI=1S/C15H21NO/c1-4-13-10-16(8-5-9-17)15-12(3)7-6-11(2)14(13)15/h6-7,10,17H,4-5,8-9H2,1-3H3. The molecule has 17 heavy (non-hydrogen) atoms. The highest BCUT2D eigenvalue weighted by Crippen LogP contribution is 2.28. The Morgan fingerprint density at radius 2 is 1.88 bits per heavy atom. The third-order valence-electron chi connectivity index (χ3n) is 3.45. The molecule has 2 rings (SSSR count). The molecule has 0 aliphatic carbocycles. The van der Waals surface area contributed by atoms with Gasteiger partial charge in [-0.2, -0.15) is 0 Å². The summed E-state index contributed by atoms with van der Waals surface area (Å²) < 4.78 is 2.30. The van der Waals surface area contributed by atoms with E-state index in [1.165, 1.54) is 27.6 Å². The maximum absolute atomic E-state index is 8.97. The van der Waals surface area contributed by atoms with Gasteiger partial charge in [-0.25, -0.2) is 0 Å². The molecule has 0 saturated carbocycles. The predicted molar refractivity (Wildman–Crippen MR) is 72.5 cm³/mol. The fourth-order valence-corrected chi connectivity index (χ4v) is 2.57. The topological polar surface area (TPSA) is 25.2 Å². The molecule has 1 aromatic heterocycles. The van der Waals surface area contributed by atoms with Crippen molar-refractivity contribution in [3.8, 4) is 0 Å². The highest BCUT2D eigenvalue weighted by molar-refractivity contribution is 5.89. The molecule has 1 N–H and O–H groups in total. The Balaban J connectivity index is 2.64. The first-order chi connectivity index (χ1) is 8.19. The van der Waals surface area contributed by atoms with Crippen molar-refractivity contribution in [3.63, 3.8) is 0 Å². The van der Waals surface area contributed by atoms with Gasteiger partial charge in [0.05, 0.1) is 5.52 Å². The normalized spacial score (nSPS) is 11.3. The van der Waals surface area contributed by atoms with Gasteiger partial charge < -0.3 is 9.67 Å². The van der Waals surface area contributed by atoms with Crippen LogP contribution in [0.15, 0.2) is 18.3 Å². The number of benzene rings is 1. The average molecular weight is 231 g/mol. The van der Waals surface area contributed by atoms with E-state index in [1.54, 1.807) is 0 Å². The maximum atomic E-state index is 8.97. The second-order valence-electron chi connectivity index (χ2n) is 4.70. The minimum Gasteiger partial charge on any atom is -0.396 e. The number of hydrogen-bond acceptors (Lipinski definition) is 1. The quantitative estimate of drug-likeness (QED) is 0.859. The Kier molecular flexibility index (Phi) is 3.53. The summed E-state index contributed by atoms with van der Waals surface area (Å²) in [7, 11) is 0. The van der Waals surface area contributed by atoms with Gasteiger partial charge in [0.2, 0.25) is 0 Å². The van der Waals surface area contributed by atoms with Crippen molar-refractivity contribution in [3.05, 3.63) is 35.0 Å². The van der Waals surface area contributed by atoms with Crippen LogP contribution in [0.4, 0.5) is 0 Å². The fourth-order valence-electron chi connectivity index (χ4n) is 2.57.